The van der Waals surface area contributed by atoms with E-state index in [9.17, 15) is 10.1 Å². The quantitative estimate of drug-likeness (QED) is 0.290. The van der Waals surface area contributed by atoms with Crippen molar-refractivity contribution in [3.8, 4) is 16.9 Å². The van der Waals surface area contributed by atoms with E-state index in [2.05, 4.69) is 15.9 Å². The minimum Gasteiger partial charge on any atom is -0.258 e. The number of non-ortho nitro benzene ring substituents is 1. The molecular weight excluding hydrogens is 382 g/mol. The average molecular weight is 395 g/mol. The summed E-state index contributed by atoms with van der Waals surface area (Å²) in [5.74, 6) is 0. The van der Waals surface area contributed by atoms with Crippen LogP contribution >= 0.6 is 15.9 Å². The Bertz CT molecular complexity index is 1090. The summed E-state index contributed by atoms with van der Waals surface area (Å²) in [6.07, 6.45) is 3.99. The number of nitro groups is 1. The number of nitro benzene ring substituents is 1. The molecule has 2 aromatic carbocycles. The Morgan fingerprint density at radius 2 is 1.80 bits per heavy atom. The number of aromatic nitrogens is 2. The summed E-state index contributed by atoms with van der Waals surface area (Å²) in [5.41, 5.74) is 3.74. The SMILES string of the molecule is O=[N+]([O-])c1cccc(-n2c(-c3ccc(Br)cc3)c[n+]3ccccc23)c1. The van der Waals surface area contributed by atoms with Gasteiger partial charge in [-0.1, -0.05) is 28.1 Å². The van der Waals surface area contributed by atoms with Crippen molar-refractivity contribution >= 4 is 27.3 Å². The standard InChI is InChI=1S/C19H13BrN3O2/c20-15-9-7-14(8-10-15)18-13-21-11-2-1-6-19(21)22(18)16-4-3-5-17(12-16)23(24)25/h1-13H/q+1. The highest BCUT2D eigenvalue weighted by Gasteiger charge is 2.22. The second-order valence-corrected chi connectivity index (χ2v) is 6.52. The zero-order chi connectivity index (χ0) is 17.4. The van der Waals surface area contributed by atoms with Crippen molar-refractivity contribution in [2.75, 3.05) is 0 Å². The van der Waals surface area contributed by atoms with Crippen LogP contribution in [0.2, 0.25) is 0 Å². The van der Waals surface area contributed by atoms with Crippen LogP contribution < -0.4 is 4.40 Å². The first-order chi connectivity index (χ1) is 12.1. The summed E-state index contributed by atoms with van der Waals surface area (Å²) in [4.78, 5) is 10.8. The predicted octanol–water partition coefficient (Wildman–Crippen LogP) is 4.55. The minimum atomic E-state index is -0.373. The van der Waals surface area contributed by atoms with Crippen molar-refractivity contribution in [3.63, 3.8) is 0 Å². The van der Waals surface area contributed by atoms with Crippen LogP contribution in [0.25, 0.3) is 22.6 Å². The molecule has 2 aromatic heterocycles. The summed E-state index contributed by atoms with van der Waals surface area (Å²) >= 11 is 3.45. The van der Waals surface area contributed by atoms with E-state index in [1.54, 1.807) is 12.1 Å². The largest absolute Gasteiger partial charge is 0.291 e. The molecule has 122 valence electrons. The maximum absolute atomic E-state index is 11.2. The lowest BCUT2D eigenvalue weighted by Crippen LogP contribution is -2.17. The molecule has 6 heteroatoms. The van der Waals surface area contributed by atoms with Crippen molar-refractivity contribution in [1.29, 1.82) is 0 Å². The van der Waals surface area contributed by atoms with E-state index in [4.69, 9.17) is 0 Å². The lowest BCUT2D eigenvalue weighted by atomic mass is 10.1. The number of benzene rings is 2. The summed E-state index contributed by atoms with van der Waals surface area (Å²) in [5, 5.41) is 11.2. The highest BCUT2D eigenvalue weighted by atomic mass is 79.9. The molecule has 0 radical (unpaired) electrons. The molecule has 0 aliphatic heterocycles. The second kappa shape index (κ2) is 6.14. The van der Waals surface area contributed by atoms with Crippen molar-refractivity contribution in [2.45, 2.75) is 0 Å². The molecule has 0 saturated carbocycles. The maximum Gasteiger partial charge on any atom is 0.291 e. The van der Waals surface area contributed by atoms with Crippen LogP contribution in [-0.2, 0) is 0 Å². The number of halogens is 1. The first kappa shape index (κ1) is 15.5. The van der Waals surface area contributed by atoms with E-state index in [0.29, 0.717) is 0 Å². The number of nitrogens with zero attached hydrogens (tertiary/aromatic N) is 3. The minimum absolute atomic E-state index is 0.0713. The Labute approximate surface area is 152 Å². The highest BCUT2D eigenvalue weighted by Crippen LogP contribution is 2.27. The fourth-order valence-electron chi connectivity index (χ4n) is 2.90. The Kier molecular flexibility index (Phi) is 3.82. The van der Waals surface area contributed by atoms with Crippen molar-refractivity contribution in [2.24, 2.45) is 0 Å². The van der Waals surface area contributed by atoms with Gasteiger partial charge >= 0.3 is 0 Å². The van der Waals surface area contributed by atoms with Gasteiger partial charge in [0, 0.05) is 22.2 Å². The van der Waals surface area contributed by atoms with Crippen LogP contribution in [0.5, 0.6) is 0 Å². The van der Waals surface area contributed by atoms with Gasteiger partial charge in [-0.15, -0.1) is 0 Å². The van der Waals surface area contributed by atoms with E-state index >= 15 is 0 Å². The van der Waals surface area contributed by atoms with Gasteiger partial charge in [-0.2, -0.15) is 4.57 Å². The number of pyridine rings is 1. The smallest absolute Gasteiger partial charge is 0.258 e. The summed E-state index contributed by atoms with van der Waals surface area (Å²) in [6.45, 7) is 0. The molecule has 0 aliphatic carbocycles. The molecule has 0 bridgehead atoms. The molecule has 0 spiro atoms. The number of hydrogen-bond acceptors (Lipinski definition) is 2. The van der Waals surface area contributed by atoms with Gasteiger partial charge in [0.25, 0.3) is 11.3 Å². The summed E-state index contributed by atoms with van der Waals surface area (Å²) in [6, 6.07) is 20.6. The fourth-order valence-corrected chi connectivity index (χ4v) is 3.16. The third-order valence-electron chi connectivity index (χ3n) is 4.04. The lowest BCUT2D eigenvalue weighted by Gasteiger charge is -2.03. The molecule has 25 heavy (non-hydrogen) atoms. The van der Waals surface area contributed by atoms with Crippen LogP contribution in [0.1, 0.15) is 0 Å². The summed E-state index contributed by atoms with van der Waals surface area (Å²) in [7, 11) is 0. The lowest BCUT2D eigenvalue weighted by molar-refractivity contribution is -0.510. The van der Waals surface area contributed by atoms with E-state index in [-0.39, 0.29) is 10.6 Å². The number of imidazole rings is 1. The van der Waals surface area contributed by atoms with Gasteiger partial charge in [0.2, 0.25) is 0 Å². The molecule has 0 unspecified atom stereocenters. The molecule has 0 amide bonds. The molecule has 0 fully saturated rings. The molecular formula is C19H13BrN3O2+. The van der Waals surface area contributed by atoms with Crippen LogP contribution in [0.15, 0.2) is 83.6 Å². The Hall–Kier alpha value is -2.99. The molecule has 4 aromatic rings. The third kappa shape index (κ3) is 2.81. The fraction of sp³-hybridized carbons (Fsp3) is 0. The van der Waals surface area contributed by atoms with Gasteiger partial charge < -0.3 is 0 Å². The zero-order valence-corrected chi connectivity index (χ0v) is 14.6. The van der Waals surface area contributed by atoms with Crippen molar-refractivity contribution in [1.82, 2.24) is 4.57 Å². The van der Waals surface area contributed by atoms with E-state index < -0.39 is 0 Å². The van der Waals surface area contributed by atoms with Gasteiger partial charge in [0.1, 0.15) is 11.9 Å². The zero-order valence-electron chi connectivity index (χ0n) is 13.0. The van der Waals surface area contributed by atoms with Gasteiger partial charge in [-0.05, 0) is 36.4 Å². The number of hydrogen-bond donors (Lipinski definition) is 0. The molecule has 0 aliphatic rings. The monoisotopic (exact) mass is 394 g/mol. The van der Waals surface area contributed by atoms with Crippen LogP contribution in [0.3, 0.4) is 0 Å². The van der Waals surface area contributed by atoms with Crippen molar-refractivity contribution < 1.29 is 9.32 Å². The van der Waals surface area contributed by atoms with Gasteiger partial charge in [-0.3, -0.25) is 10.1 Å². The molecule has 0 N–H and O–H groups in total. The van der Waals surface area contributed by atoms with Crippen molar-refractivity contribution in [3.05, 3.63) is 93.7 Å². The Morgan fingerprint density at radius 1 is 1.00 bits per heavy atom. The maximum atomic E-state index is 11.2. The third-order valence-corrected chi connectivity index (χ3v) is 4.57. The normalized spacial score (nSPS) is 10.9. The molecule has 0 saturated heterocycles. The molecule has 4 rings (SSSR count). The van der Waals surface area contributed by atoms with E-state index in [0.717, 1.165) is 27.1 Å². The van der Waals surface area contributed by atoms with Crippen LogP contribution in [0.4, 0.5) is 5.69 Å². The van der Waals surface area contributed by atoms with E-state index in [1.165, 1.54) is 6.07 Å². The average Bonchev–Trinajstić information content (AvgIpc) is 3.02. The number of fused-ring (bicyclic) bond motifs is 1. The van der Waals surface area contributed by atoms with Crippen LogP contribution in [-0.4, -0.2) is 9.49 Å². The predicted molar refractivity (Wildman–Crippen MR) is 98.7 cm³/mol. The second-order valence-electron chi connectivity index (χ2n) is 5.60. The van der Waals surface area contributed by atoms with Gasteiger partial charge in [-0.25, -0.2) is 4.40 Å². The summed E-state index contributed by atoms with van der Waals surface area (Å²) < 4.78 is 5.04. The molecule has 5 nitrogen and oxygen atoms in total. The first-order valence-corrected chi connectivity index (χ1v) is 8.45. The topological polar surface area (TPSA) is 52.2 Å². The Balaban J connectivity index is 2.01. The van der Waals surface area contributed by atoms with Crippen LogP contribution in [0, 0.1) is 10.1 Å². The van der Waals surface area contributed by atoms with Gasteiger partial charge in [0.15, 0.2) is 5.69 Å². The first-order valence-electron chi connectivity index (χ1n) is 7.66. The molecule has 0 atom stereocenters. The number of rotatable bonds is 3. The Morgan fingerprint density at radius 3 is 2.56 bits per heavy atom. The van der Waals surface area contributed by atoms with Gasteiger partial charge in [0.05, 0.1) is 17.2 Å². The highest BCUT2D eigenvalue weighted by molar-refractivity contribution is 9.10. The molecule has 2 heterocycles. The van der Waals surface area contributed by atoms with E-state index in [1.807, 2.05) is 69.9 Å².